The second-order valence-electron chi connectivity index (χ2n) is 3.96. The standard InChI is InChI=1S/C12H10ClFN4O2/c1-6-11(18(19)20)10(17-12(15-2)16-6)8-4-3-7(14)5-9(8)13/h3-5H,1-2H3,(H,15,16,17). The molecular formula is C12H10ClFN4O2. The first-order valence-electron chi connectivity index (χ1n) is 5.60. The fourth-order valence-corrected chi connectivity index (χ4v) is 2.02. The van der Waals surface area contributed by atoms with Crippen LogP contribution in [0.3, 0.4) is 0 Å². The molecule has 0 bridgehead atoms. The Morgan fingerprint density at radius 2 is 2.10 bits per heavy atom. The van der Waals surface area contributed by atoms with E-state index >= 15 is 0 Å². The minimum absolute atomic E-state index is 0.0493. The molecule has 1 aromatic carbocycles. The van der Waals surface area contributed by atoms with Gasteiger partial charge >= 0.3 is 5.69 Å². The summed E-state index contributed by atoms with van der Waals surface area (Å²) in [5, 5.41) is 13.9. The molecular weight excluding hydrogens is 287 g/mol. The maximum absolute atomic E-state index is 13.1. The van der Waals surface area contributed by atoms with Crippen LogP contribution in [0.4, 0.5) is 16.0 Å². The molecule has 0 saturated carbocycles. The molecule has 8 heteroatoms. The van der Waals surface area contributed by atoms with Crippen LogP contribution in [0.15, 0.2) is 18.2 Å². The maximum Gasteiger partial charge on any atom is 0.316 e. The summed E-state index contributed by atoms with van der Waals surface area (Å²) in [7, 11) is 1.59. The van der Waals surface area contributed by atoms with E-state index < -0.39 is 10.7 Å². The molecule has 0 radical (unpaired) electrons. The second-order valence-corrected chi connectivity index (χ2v) is 4.37. The van der Waals surface area contributed by atoms with E-state index in [1.807, 2.05) is 0 Å². The van der Waals surface area contributed by atoms with Crippen LogP contribution in [0, 0.1) is 22.9 Å². The zero-order valence-electron chi connectivity index (χ0n) is 10.6. The van der Waals surface area contributed by atoms with E-state index in [1.54, 1.807) is 7.05 Å². The Hall–Kier alpha value is -2.28. The lowest BCUT2D eigenvalue weighted by atomic mass is 10.1. The first kappa shape index (κ1) is 14.1. The lowest BCUT2D eigenvalue weighted by Crippen LogP contribution is -2.05. The third-order valence-corrected chi connectivity index (χ3v) is 2.96. The number of halogens is 2. The summed E-state index contributed by atoms with van der Waals surface area (Å²) < 4.78 is 13.1. The smallest absolute Gasteiger partial charge is 0.316 e. The normalized spacial score (nSPS) is 10.4. The summed E-state index contributed by atoms with van der Waals surface area (Å²) in [5.74, 6) is -0.301. The molecule has 0 spiro atoms. The minimum atomic E-state index is -0.580. The first-order valence-corrected chi connectivity index (χ1v) is 5.98. The molecule has 0 saturated heterocycles. The quantitative estimate of drug-likeness (QED) is 0.695. The Balaban J connectivity index is 2.76. The second kappa shape index (κ2) is 5.38. The van der Waals surface area contributed by atoms with Crippen LogP contribution in [0.5, 0.6) is 0 Å². The predicted octanol–water partition coefficient (Wildman–Crippen LogP) is 3.19. The van der Waals surface area contributed by atoms with E-state index in [0.29, 0.717) is 0 Å². The maximum atomic E-state index is 13.1. The van der Waals surface area contributed by atoms with Crippen LogP contribution >= 0.6 is 11.6 Å². The van der Waals surface area contributed by atoms with Crippen molar-refractivity contribution in [3.8, 4) is 11.3 Å². The molecule has 1 N–H and O–H groups in total. The number of aromatic nitrogens is 2. The van der Waals surface area contributed by atoms with Crippen molar-refractivity contribution < 1.29 is 9.31 Å². The van der Waals surface area contributed by atoms with Crippen molar-refractivity contribution in [2.45, 2.75) is 6.92 Å². The fourth-order valence-electron chi connectivity index (χ4n) is 1.77. The molecule has 0 amide bonds. The highest BCUT2D eigenvalue weighted by Gasteiger charge is 2.24. The van der Waals surface area contributed by atoms with Gasteiger partial charge < -0.3 is 5.32 Å². The number of nitrogens with one attached hydrogen (secondary N) is 1. The lowest BCUT2D eigenvalue weighted by Gasteiger charge is -2.08. The molecule has 2 aromatic rings. The van der Waals surface area contributed by atoms with Gasteiger partial charge in [-0.2, -0.15) is 0 Å². The van der Waals surface area contributed by atoms with Crippen LogP contribution in [-0.4, -0.2) is 21.9 Å². The average molecular weight is 297 g/mol. The van der Waals surface area contributed by atoms with Crippen LogP contribution in [-0.2, 0) is 0 Å². The highest BCUT2D eigenvalue weighted by molar-refractivity contribution is 6.33. The van der Waals surface area contributed by atoms with Gasteiger partial charge in [-0.05, 0) is 25.1 Å². The van der Waals surface area contributed by atoms with Crippen molar-refractivity contribution in [1.29, 1.82) is 0 Å². The van der Waals surface area contributed by atoms with Crippen LogP contribution in [0.25, 0.3) is 11.3 Å². The molecule has 0 aliphatic carbocycles. The van der Waals surface area contributed by atoms with Gasteiger partial charge in [0.15, 0.2) is 5.69 Å². The molecule has 104 valence electrons. The van der Waals surface area contributed by atoms with E-state index in [1.165, 1.54) is 19.1 Å². The number of nitrogens with zero attached hydrogens (tertiary/aromatic N) is 3. The number of hydrogen-bond acceptors (Lipinski definition) is 5. The first-order chi connectivity index (χ1) is 9.43. The van der Waals surface area contributed by atoms with Crippen molar-refractivity contribution in [2.75, 3.05) is 12.4 Å². The summed E-state index contributed by atoms with van der Waals surface area (Å²) in [4.78, 5) is 18.6. The summed E-state index contributed by atoms with van der Waals surface area (Å²) >= 11 is 5.95. The molecule has 6 nitrogen and oxygen atoms in total. The van der Waals surface area contributed by atoms with Crippen molar-refractivity contribution in [2.24, 2.45) is 0 Å². The largest absolute Gasteiger partial charge is 0.357 e. The molecule has 1 aromatic heterocycles. The van der Waals surface area contributed by atoms with Gasteiger partial charge in [0.05, 0.1) is 9.95 Å². The number of nitro groups is 1. The van der Waals surface area contributed by atoms with Crippen molar-refractivity contribution in [3.05, 3.63) is 44.8 Å². The Labute approximate surface area is 118 Å². The van der Waals surface area contributed by atoms with E-state index in [4.69, 9.17) is 11.6 Å². The Morgan fingerprint density at radius 1 is 1.40 bits per heavy atom. The Morgan fingerprint density at radius 3 is 2.65 bits per heavy atom. The molecule has 20 heavy (non-hydrogen) atoms. The number of aryl methyl sites for hydroxylation is 1. The summed E-state index contributed by atoms with van der Waals surface area (Å²) in [6.07, 6.45) is 0. The van der Waals surface area contributed by atoms with Crippen molar-refractivity contribution in [1.82, 2.24) is 9.97 Å². The van der Waals surface area contributed by atoms with Crippen molar-refractivity contribution >= 4 is 23.2 Å². The number of anilines is 1. The lowest BCUT2D eigenvalue weighted by molar-refractivity contribution is -0.385. The SMILES string of the molecule is CNc1nc(C)c([N+](=O)[O-])c(-c2ccc(F)cc2Cl)n1. The summed E-state index contributed by atoms with van der Waals surface area (Å²) in [6.45, 7) is 1.50. The van der Waals surface area contributed by atoms with Gasteiger partial charge in [-0.3, -0.25) is 10.1 Å². The van der Waals surface area contributed by atoms with E-state index in [9.17, 15) is 14.5 Å². The third kappa shape index (κ3) is 2.53. The average Bonchev–Trinajstić information content (AvgIpc) is 2.37. The van der Waals surface area contributed by atoms with E-state index in [-0.39, 0.29) is 33.6 Å². The highest BCUT2D eigenvalue weighted by Crippen LogP contribution is 2.35. The summed E-state index contributed by atoms with van der Waals surface area (Å²) in [5.41, 5.74) is 0.279. The zero-order chi connectivity index (χ0) is 14.9. The Bertz CT molecular complexity index is 693. The van der Waals surface area contributed by atoms with Gasteiger partial charge in [-0.15, -0.1) is 0 Å². The van der Waals surface area contributed by atoms with Gasteiger partial charge in [0.2, 0.25) is 5.95 Å². The van der Waals surface area contributed by atoms with Gasteiger partial charge in [0.1, 0.15) is 11.5 Å². The zero-order valence-corrected chi connectivity index (χ0v) is 11.4. The topological polar surface area (TPSA) is 81.0 Å². The molecule has 1 heterocycles. The molecule has 0 atom stereocenters. The van der Waals surface area contributed by atoms with Crippen LogP contribution in [0.1, 0.15) is 5.69 Å². The van der Waals surface area contributed by atoms with Gasteiger partial charge in [-0.25, -0.2) is 14.4 Å². The monoisotopic (exact) mass is 296 g/mol. The highest BCUT2D eigenvalue weighted by atomic mass is 35.5. The fraction of sp³-hybridized carbons (Fsp3) is 0.167. The van der Waals surface area contributed by atoms with E-state index in [2.05, 4.69) is 15.3 Å². The van der Waals surface area contributed by atoms with Crippen molar-refractivity contribution in [3.63, 3.8) is 0 Å². The molecule has 0 aliphatic rings. The van der Waals surface area contributed by atoms with Crippen LogP contribution in [0.2, 0.25) is 5.02 Å². The van der Waals surface area contributed by atoms with Gasteiger partial charge in [0, 0.05) is 12.6 Å². The number of rotatable bonds is 3. The van der Waals surface area contributed by atoms with Crippen LogP contribution < -0.4 is 5.32 Å². The molecule has 0 fully saturated rings. The van der Waals surface area contributed by atoms with Gasteiger partial charge in [0.25, 0.3) is 0 Å². The Kier molecular flexibility index (Phi) is 3.80. The molecule has 2 rings (SSSR count). The number of benzene rings is 1. The van der Waals surface area contributed by atoms with Gasteiger partial charge in [-0.1, -0.05) is 11.6 Å². The summed E-state index contributed by atoms with van der Waals surface area (Å²) in [6, 6.07) is 3.60. The van der Waals surface area contributed by atoms with E-state index in [0.717, 1.165) is 6.07 Å². The number of hydrogen-bond donors (Lipinski definition) is 1. The molecule has 0 unspecified atom stereocenters. The predicted molar refractivity (Wildman–Crippen MR) is 73.4 cm³/mol. The molecule has 0 aliphatic heterocycles. The third-order valence-electron chi connectivity index (χ3n) is 2.65. The minimum Gasteiger partial charge on any atom is -0.357 e.